The average Bonchev–Trinajstić information content (AvgIpc) is 3.41. The third-order valence-electron chi connectivity index (χ3n) is 5.71. The molecule has 2 heterocycles. The number of anilines is 2. The van der Waals surface area contributed by atoms with E-state index in [0.29, 0.717) is 48.0 Å². The number of rotatable bonds is 7. The van der Waals surface area contributed by atoms with Crippen LogP contribution in [0.4, 0.5) is 15.8 Å². The number of fused-ring (bicyclic) bond motifs is 1. The van der Waals surface area contributed by atoms with Crippen molar-refractivity contribution in [2.45, 2.75) is 52.5 Å². The van der Waals surface area contributed by atoms with Gasteiger partial charge in [-0.2, -0.15) is 0 Å². The van der Waals surface area contributed by atoms with Gasteiger partial charge < -0.3 is 9.88 Å². The minimum Gasteiger partial charge on any atom is -0.352 e. The van der Waals surface area contributed by atoms with Crippen LogP contribution >= 0.6 is 0 Å². The van der Waals surface area contributed by atoms with E-state index >= 15 is 0 Å². The summed E-state index contributed by atoms with van der Waals surface area (Å²) in [5.41, 5.74) is 5.24. The van der Waals surface area contributed by atoms with E-state index in [1.165, 1.54) is 6.07 Å². The molecule has 0 spiro atoms. The van der Waals surface area contributed by atoms with Gasteiger partial charge in [-0.3, -0.25) is 14.4 Å². The smallest absolute Gasteiger partial charge is 0.278 e. The molecule has 2 N–H and O–H groups in total. The van der Waals surface area contributed by atoms with E-state index in [1.54, 1.807) is 17.6 Å². The monoisotopic (exact) mass is 399 g/mol. The van der Waals surface area contributed by atoms with E-state index in [2.05, 4.69) is 10.8 Å². The van der Waals surface area contributed by atoms with Gasteiger partial charge in [-0.05, 0) is 62.6 Å². The third-order valence-corrected chi connectivity index (χ3v) is 5.71. The topological polar surface area (TPSA) is 72.4 Å². The highest BCUT2D eigenvalue weighted by Gasteiger charge is 2.28. The summed E-state index contributed by atoms with van der Waals surface area (Å²) >= 11 is 0. The van der Waals surface area contributed by atoms with Gasteiger partial charge in [0, 0.05) is 17.8 Å². The fourth-order valence-electron chi connectivity index (χ4n) is 3.78. The predicted octanol–water partition coefficient (Wildman–Crippen LogP) is 3.62. The second-order valence-electron chi connectivity index (χ2n) is 7.86. The summed E-state index contributed by atoms with van der Waals surface area (Å²) in [4.78, 5) is 31.2. The maximum Gasteiger partial charge on any atom is 0.278 e. The molecule has 154 valence electrons. The molecule has 1 saturated carbocycles. The summed E-state index contributed by atoms with van der Waals surface area (Å²) in [5, 5.41) is 3.02. The number of nitrogens with one attached hydrogen (secondary N) is 2. The van der Waals surface area contributed by atoms with Gasteiger partial charge in [-0.1, -0.05) is 13.0 Å². The molecule has 1 aromatic heterocycles. The van der Waals surface area contributed by atoms with Crippen LogP contribution in [0.5, 0.6) is 0 Å². The highest BCUT2D eigenvalue weighted by atomic mass is 19.1. The summed E-state index contributed by atoms with van der Waals surface area (Å²) in [6.07, 6.45) is 4.37. The van der Waals surface area contributed by atoms with Crippen molar-refractivity contribution in [1.29, 1.82) is 0 Å². The summed E-state index contributed by atoms with van der Waals surface area (Å²) in [7, 11) is 0. The molecule has 7 heteroatoms. The largest absolute Gasteiger partial charge is 0.352 e. The predicted molar refractivity (Wildman–Crippen MR) is 109 cm³/mol. The molecule has 0 saturated heterocycles. The molecule has 0 radical (unpaired) electrons. The number of aryl methyl sites for hydroxylation is 1. The molecular formula is C22H26FN3O3. The number of halogens is 1. The van der Waals surface area contributed by atoms with Gasteiger partial charge in [-0.25, -0.2) is 9.87 Å². The van der Waals surface area contributed by atoms with Crippen LogP contribution in [-0.4, -0.2) is 17.1 Å². The Morgan fingerprint density at radius 3 is 2.83 bits per heavy atom. The number of aromatic nitrogens is 1. The Hall–Kier alpha value is -2.67. The first-order valence-corrected chi connectivity index (χ1v) is 10.2. The zero-order valence-electron chi connectivity index (χ0n) is 16.8. The van der Waals surface area contributed by atoms with Crippen molar-refractivity contribution in [3.63, 3.8) is 0 Å². The zero-order valence-corrected chi connectivity index (χ0v) is 16.8. The summed E-state index contributed by atoms with van der Waals surface area (Å²) in [6, 6.07) is 4.94. The molecule has 0 unspecified atom stereocenters. The Balaban J connectivity index is 1.72. The number of hydroxylamine groups is 1. The normalized spacial score (nSPS) is 15.3. The van der Waals surface area contributed by atoms with Gasteiger partial charge in [0.2, 0.25) is 0 Å². The molecule has 0 bridgehead atoms. The van der Waals surface area contributed by atoms with Crippen LogP contribution in [-0.2, 0) is 24.2 Å². The molecule has 1 aliphatic carbocycles. The van der Waals surface area contributed by atoms with E-state index in [-0.39, 0.29) is 11.2 Å². The van der Waals surface area contributed by atoms with Crippen molar-refractivity contribution in [3.05, 3.63) is 56.8 Å². The van der Waals surface area contributed by atoms with Crippen molar-refractivity contribution in [2.24, 2.45) is 5.92 Å². The SMILES string of the molecule is CCc1ccc(Nc2c(C(=O)NOCC3CC3)c3n(c(=O)c2C)CCC3)c(F)c1. The van der Waals surface area contributed by atoms with Crippen LogP contribution in [0.3, 0.4) is 0 Å². The van der Waals surface area contributed by atoms with Crippen molar-refractivity contribution in [1.82, 2.24) is 10.0 Å². The van der Waals surface area contributed by atoms with E-state index in [4.69, 9.17) is 4.84 Å². The van der Waals surface area contributed by atoms with Gasteiger partial charge in [-0.15, -0.1) is 0 Å². The Kier molecular flexibility index (Phi) is 5.41. The molecule has 2 aromatic rings. The van der Waals surface area contributed by atoms with Crippen LogP contribution in [0.25, 0.3) is 0 Å². The van der Waals surface area contributed by atoms with Crippen molar-refractivity contribution < 1.29 is 14.0 Å². The van der Waals surface area contributed by atoms with Gasteiger partial charge in [0.15, 0.2) is 0 Å². The number of amides is 1. The molecule has 2 aliphatic rings. The third kappa shape index (κ3) is 3.92. The summed E-state index contributed by atoms with van der Waals surface area (Å²) in [5.74, 6) is -0.321. The van der Waals surface area contributed by atoms with Crippen LogP contribution < -0.4 is 16.4 Å². The molecule has 6 nitrogen and oxygen atoms in total. The minimum atomic E-state index is -0.416. The fraction of sp³-hybridized carbons (Fsp3) is 0.455. The molecule has 0 atom stereocenters. The first kappa shape index (κ1) is 19.6. The molecule has 1 aromatic carbocycles. The standard InChI is InChI=1S/C22H26FN3O3/c1-3-14-8-9-17(16(23)11-14)24-20-13(2)22(28)26-10-4-5-18(26)19(20)21(27)25-29-12-15-6-7-15/h8-9,11,15,24H,3-7,10,12H2,1-2H3,(H,25,27). The Morgan fingerprint density at radius 1 is 1.34 bits per heavy atom. The number of nitrogens with zero attached hydrogens (tertiary/aromatic N) is 1. The Bertz CT molecular complexity index is 1010. The van der Waals surface area contributed by atoms with Gasteiger partial charge in [0.25, 0.3) is 11.5 Å². The quantitative estimate of drug-likeness (QED) is 0.698. The van der Waals surface area contributed by atoms with Crippen molar-refractivity contribution >= 4 is 17.3 Å². The number of benzene rings is 1. The lowest BCUT2D eigenvalue weighted by Crippen LogP contribution is -2.32. The lowest BCUT2D eigenvalue weighted by Gasteiger charge is -2.19. The van der Waals surface area contributed by atoms with E-state index < -0.39 is 11.7 Å². The van der Waals surface area contributed by atoms with Crippen LogP contribution in [0.1, 0.15) is 53.4 Å². The van der Waals surface area contributed by atoms with Crippen LogP contribution in [0.2, 0.25) is 0 Å². The van der Waals surface area contributed by atoms with Gasteiger partial charge in [0.1, 0.15) is 5.82 Å². The van der Waals surface area contributed by atoms with Crippen LogP contribution in [0.15, 0.2) is 23.0 Å². The molecule has 4 rings (SSSR count). The van der Waals surface area contributed by atoms with Gasteiger partial charge in [0.05, 0.1) is 23.5 Å². The minimum absolute atomic E-state index is 0.152. The van der Waals surface area contributed by atoms with Crippen LogP contribution in [0, 0.1) is 18.7 Å². The first-order valence-electron chi connectivity index (χ1n) is 10.2. The Morgan fingerprint density at radius 2 is 2.14 bits per heavy atom. The number of hydrogen-bond acceptors (Lipinski definition) is 4. The van der Waals surface area contributed by atoms with E-state index in [0.717, 1.165) is 31.2 Å². The maximum atomic E-state index is 14.6. The van der Waals surface area contributed by atoms with Crippen molar-refractivity contribution in [2.75, 3.05) is 11.9 Å². The van der Waals surface area contributed by atoms with E-state index in [9.17, 15) is 14.0 Å². The maximum absolute atomic E-state index is 14.6. The first-order chi connectivity index (χ1) is 14.0. The molecule has 29 heavy (non-hydrogen) atoms. The highest BCUT2D eigenvalue weighted by molar-refractivity contribution is 6.01. The average molecular weight is 399 g/mol. The number of carbonyl (C=O) groups excluding carboxylic acids is 1. The highest BCUT2D eigenvalue weighted by Crippen LogP contribution is 2.31. The molecule has 1 fully saturated rings. The number of carbonyl (C=O) groups is 1. The number of hydrogen-bond donors (Lipinski definition) is 2. The molecule has 1 aliphatic heterocycles. The number of pyridine rings is 1. The fourth-order valence-corrected chi connectivity index (χ4v) is 3.78. The molecular weight excluding hydrogens is 373 g/mol. The molecule has 1 amide bonds. The second-order valence-corrected chi connectivity index (χ2v) is 7.86. The second kappa shape index (κ2) is 7.99. The zero-order chi connectivity index (χ0) is 20.5. The lowest BCUT2D eigenvalue weighted by atomic mass is 10.0. The van der Waals surface area contributed by atoms with Gasteiger partial charge >= 0.3 is 0 Å². The summed E-state index contributed by atoms with van der Waals surface area (Å²) in [6.45, 7) is 4.68. The Labute approximate surface area is 169 Å². The summed E-state index contributed by atoms with van der Waals surface area (Å²) < 4.78 is 16.2. The van der Waals surface area contributed by atoms with E-state index in [1.807, 2.05) is 13.0 Å². The lowest BCUT2D eigenvalue weighted by molar-refractivity contribution is 0.0269. The van der Waals surface area contributed by atoms with Crippen molar-refractivity contribution in [3.8, 4) is 0 Å².